The Morgan fingerprint density at radius 2 is 2.56 bits per heavy atom. The summed E-state index contributed by atoms with van der Waals surface area (Å²) in [7, 11) is 1.90. The summed E-state index contributed by atoms with van der Waals surface area (Å²) in [6, 6.07) is 0. The number of allylic oxidation sites excluding steroid dienone is 2. The van der Waals surface area contributed by atoms with E-state index in [-0.39, 0.29) is 0 Å². The highest BCUT2D eigenvalue weighted by Gasteiger charge is 1.85. The van der Waals surface area contributed by atoms with Crippen LogP contribution in [0.25, 0.3) is 0 Å². The Labute approximate surface area is 55.0 Å². The monoisotopic (exact) mass is 122 g/mol. The molecular formula is C7H10N2. The zero-order chi connectivity index (χ0) is 6.53. The first-order chi connectivity index (χ1) is 4.43. The van der Waals surface area contributed by atoms with Crippen LogP contribution in [0.2, 0.25) is 0 Å². The maximum atomic E-state index is 4.04. The van der Waals surface area contributed by atoms with Gasteiger partial charge < -0.3 is 5.32 Å². The fraction of sp³-hybridized carbons (Fsp3) is 0.286. The van der Waals surface area contributed by atoms with Gasteiger partial charge in [-0.05, 0) is 12.2 Å². The average Bonchev–Trinajstić information content (AvgIpc) is 2.13. The zero-order valence-corrected chi connectivity index (χ0v) is 5.46. The van der Waals surface area contributed by atoms with Gasteiger partial charge >= 0.3 is 0 Å². The third kappa shape index (κ3) is 1.72. The highest BCUT2D eigenvalue weighted by Crippen LogP contribution is 1.92. The quantitative estimate of drug-likeness (QED) is 0.544. The van der Waals surface area contributed by atoms with Gasteiger partial charge in [0.1, 0.15) is 0 Å². The van der Waals surface area contributed by atoms with Crippen molar-refractivity contribution in [3.05, 3.63) is 23.9 Å². The van der Waals surface area contributed by atoms with E-state index in [1.165, 1.54) is 0 Å². The average molecular weight is 122 g/mol. The molecule has 0 radical (unpaired) electrons. The zero-order valence-electron chi connectivity index (χ0n) is 5.46. The molecule has 0 atom stereocenters. The van der Waals surface area contributed by atoms with Crippen molar-refractivity contribution in [2.24, 2.45) is 4.99 Å². The maximum Gasteiger partial charge on any atom is 0.0574 e. The number of aliphatic imine (C=N–C) groups is 1. The van der Waals surface area contributed by atoms with Crippen molar-refractivity contribution in [2.45, 2.75) is 0 Å². The van der Waals surface area contributed by atoms with Gasteiger partial charge in [0.05, 0.1) is 6.54 Å². The summed E-state index contributed by atoms with van der Waals surface area (Å²) in [5.74, 6) is 0. The van der Waals surface area contributed by atoms with E-state index >= 15 is 0 Å². The summed E-state index contributed by atoms with van der Waals surface area (Å²) in [6.07, 6.45) is 7.80. The van der Waals surface area contributed by atoms with Gasteiger partial charge in [-0.25, -0.2) is 0 Å². The smallest absolute Gasteiger partial charge is 0.0574 e. The first kappa shape index (κ1) is 6.08. The Hall–Kier alpha value is -1.05. The van der Waals surface area contributed by atoms with Crippen LogP contribution in [0.5, 0.6) is 0 Å². The van der Waals surface area contributed by atoms with Crippen molar-refractivity contribution in [1.82, 2.24) is 5.32 Å². The molecule has 0 saturated carbocycles. The Morgan fingerprint density at radius 3 is 3.33 bits per heavy atom. The number of rotatable bonds is 1. The summed E-state index contributed by atoms with van der Waals surface area (Å²) in [4.78, 5) is 4.04. The van der Waals surface area contributed by atoms with E-state index < -0.39 is 0 Å². The van der Waals surface area contributed by atoms with Crippen molar-refractivity contribution in [3.63, 3.8) is 0 Å². The van der Waals surface area contributed by atoms with E-state index in [0.29, 0.717) is 0 Å². The molecule has 1 heterocycles. The van der Waals surface area contributed by atoms with Crippen LogP contribution in [0.3, 0.4) is 0 Å². The number of likely N-dealkylation sites (N-methyl/N-ethyl adjacent to an activating group) is 1. The lowest BCUT2D eigenvalue weighted by molar-refractivity contribution is 1.04. The van der Waals surface area contributed by atoms with E-state index in [0.717, 1.165) is 12.2 Å². The summed E-state index contributed by atoms with van der Waals surface area (Å²) in [5, 5.41) is 3.03. The fourth-order valence-electron chi connectivity index (χ4n) is 0.657. The topological polar surface area (TPSA) is 24.4 Å². The van der Waals surface area contributed by atoms with Crippen molar-refractivity contribution >= 4 is 6.21 Å². The molecule has 0 unspecified atom stereocenters. The lowest BCUT2D eigenvalue weighted by Gasteiger charge is -1.94. The molecule has 0 saturated heterocycles. The van der Waals surface area contributed by atoms with Crippen molar-refractivity contribution in [2.75, 3.05) is 13.6 Å². The highest BCUT2D eigenvalue weighted by atomic mass is 14.8. The van der Waals surface area contributed by atoms with Gasteiger partial charge in [-0.1, -0.05) is 6.08 Å². The molecule has 0 spiro atoms. The molecule has 0 amide bonds. The predicted molar refractivity (Wildman–Crippen MR) is 39.6 cm³/mol. The number of hydrogen-bond donors (Lipinski definition) is 1. The van der Waals surface area contributed by atoms with Crippen molar-refractivity contribution < 1.29 is 0 Å². The fourth-order valence-corrected chi connectivity index (χ4v) is 0.657. The number of hydrogen-bond acceptors (Lipinski definition) is 2. The molecule has 2 nitrogen and oxygen atoms in total. The minimum atomic E-state index is 0.793. The molecule has 0 aromatic heterocycles. The molecule has 1 rings (SSSR count). The molecule has 2 heteroatoms. The second-order valence-corrected chi connectivity index (χ2v) is 1.79. The van der Waals surface area contributed by atoms with Crippen molar-refractivity contribution in [3.8, 4) is 0 Å². The summed E-state index contributed by atoms with van der Waals surface area (Å²) >= 11 is 0. The minimum Gasteiger partial charge on any atom is -0.388 e. The van der Waals surface area contributed by atoms with Gasteiger partial charge in [-0.2, -0.15) is 0 Å². The van der Waals surface area contributed by atoms with Crippen LogP contribution in [0.1, 0.15) is 0 Å². The Morgan fingerprint density at radius 1 is 1.67 bits per heavy atom. The molecule has 0 fully saturated rings. The second kappa shape index (κ2) is 3.07. The SMILES string of the molecule is CNC1=CC=NCC=C1. The van der Waals surface area contributed by atoms with Gasteiger partial charge in [0, 0.05) is 19.0 Å². The van der Waals surface area contributed by atoms with E-state index in [9.17, 15) is 0 Å². The molecule has 9 heavy (non-hydrogen) atoms. The molecule has 1 aliphatic rings. The van der Waals surface area contributed by atoms with E-state index in [4.69, 9.17) is 0 Å². The van der Waals surface area contributed by atoms with Crippen LogP contribution in [0.15, 0.2) is 28.9 Å². The van der Waals surface area contributed by atoms with Crippen molar-refractivity contribution in [1.29, 1.82) is 0 Å². The Kier molecular flexibility index (Phi) is 2.07. The Balaban J connectivity index is 2.67. The molecule has 48 valence electrons. The molecular weight excluding hydrogens is 112 g/mol. The van der Waals surface area contributed by atoms with Crippen LogP contribution in [-0.4, -0.2) is 19.8 Å². The van der Waals surface area contributed by atoms with Gasteiger partial charge in [0.2, 0.25) is 0 Å². The molecule has 0 bridgehead atoms. The first-order valence-electron chi connectivity index (χ1n) is 2.98. The first-order valence-corrected chi connectivity index (χ1v) is 2.98. The lowest BCUT2D eigenvalue weighted by Crippen LogP contribution is -2.02. The predicted octanol–water partition coefficient (Wildman–Crippen LogP) is 0.730. The van der Waals surface area contributed by atoms with Crippen LogP contribution < -0.4 is 5.32 Å². The molecule has 1 aliphatic heterocycles. The normalized spacial score (nSPS) is 16.8. The van der Waals surface area contributed by atoms with Crippen LogP contribution in [0.4, 0.5) is 0 Å². The van der Waals surface area contributed by atoms with E-state index in [1.807, 2.05) is 31.5 Å². The van der Waals surface area contributed by atoms with Crippen LogP contribution in [0, 0.1) is 0 Å². The van der Waals surface area contributed by atoms with Gasteiger partial charge in [0.15, 0.2) is 0 Å². The molecule has 0 aromatic carbocycles. The summed E-state index contributed by atoms with van der Waals surface area (Å²) < 4.78 is 0. The van der Waals surface area contributed by atoms with Gasteiger partial charge in [-0.15, -0.1) is 0 Å². The van der Waals surface area contributed by atoms with E-state index in [2.05, 4.69) is 10.3 Å². The summed E-state index contributed by atoms with van der Waals surface area (Å²) in [6.45, 7) is 0.793. The van der Waals surface area contributed by atoms with Crippen LogP contribution >= 0.6 is 0 Å². The highest BCUT2D eigenvalue weighted by molar-refractivity contribution is 5.73. The molecule has 1 N–H and O–H groups in total. The lowest BCUT2D eigenvalue weighted by atomic mass is 10.4. The maximum absolute atomic E-state index is 4.04. The Bertz CT molecular complexity index is 166. The minimum absolute atomic E-state index is 0.793. The standard InChI is InChI=1S/C7H10N2/c1-8-7-3-2-5-9-6-4-7/h2-4,6,8H,5H2,1H3. The third-order valence-electron chi connectivity index (χ3n) is 1.16. The van der Waals surface area contributed by atoms with Gasteiger partial charge in [0.25, 0.3) is 0 Å². The van der Waals surface area contributed by atoms with Gasteiger partial charge in [-0.3, -0.25) is 4.99 Å². The molecule has 0 aromatic rings. The largest absolute Gasteiger partial charge is 0.388 e. The number of nitrogens with zero attached hydrogens (tertiary/aromatic N) is 1. The second-order valence-electron chi connectivity index (χ2n) is 1.79. The summed E-state index contributed by atoms with van der Waals surface area (Å²) in [5.41, 5.74) is 1.11. The third-order valence-corrected chi connectivity index (χ3v) is 1.16. The molecule has 0 aliphatic carbocycles. The van der Waals surface area contributed by atoms with Crippen LogP contribution in [-0.2, 0) is 0 Å². The van der Waals surface area contributed by atoms with E-state index in [1.54, 1.807) is 0 Å². The number of nitrogens with one attached hydrogen (secondary N) is 1.